The van der Waals surface area contributed by atoms with E-state index in [9.17, 15) is 0 Å². The molecule has 1 aliphatic rings. The summed E-state index contributed by atoms with van der Waals surface area (Å²) in [6.45, 7) is 1.77. The number of halogens is 1. The maximum Gasteiger partial charge on any atom is 0.148 e. The van der Waals surface area contributed by atoms with Crippen LogP contribution >= 0.6 is 11.6 Å². The molecule has 4 heterocycles. The van der Waals surface area contributed by atoms with Crippen LogP contribution in [0.1, 0.15) is 42.3 Å². The van der Waals surface area contributed by atoms with Gasteiger partial charge < -0.3 is 5.32 Å². The van der Waals surface area contributed by atoms with Crippen molar-refractivity contribution in [1.29, 1.82) is 5.26 Å². The van der Waals surface area contributed by atoms with Crippen LogP contribution in [0.4, 0.5) is 11.5 Å². The average molecular weight is 471 g/mol. The van der Waals surface area contributed by atoms with E-state index in [1.165, 1.54) is 0 Å². The van der Waals surface area contributed by atoms with Crippen LogP contribution in [-0.2, 0) is 6.54 Å². The van der Waals surface area contributed by atoms with Gasteiger partial charge in [0.15, 0.2) is 0 Å². The highest BCUT2D eigenvalue weighted by Gasteiger charge is 2.26. The number of rotatable bonds is 6. The molecule has 0 aliphatic carbocycles. The molecule has 170 valence electrons. The average Bonchev–Trinajstić information content (AvgIpc) is 3.34. The number of nitrogens with zero attached hydrogens (tertiary/aromatic N) is 6. The number of aromatic amines is 1. The first-order valence-corrected chi connectivity index (χ1v) is 11.5. The molecular weight excluding hydrogens is 448 g/mol. The minimum atomic E-state index is 0.194. The number of hydrogen-bond acceptors (Lipinski definition) is 7. The molecule has 0 radical (unpaired) electrons. The lowest BCUT2D eigenvalue weighted by atomic mass is 9.98. The Bertz CT molecular complexity index is 1280. The molecule has 0 amide bonds. The summed E-state index contributed by atoms with van der Waals surface area (Å²) in [4.78, 5) is 15.8. The molecule has 1 aromatic carbocycles. The molecule has 0 bridgehead atoms. The Labute approximate surface area is 202 Å². The SMILES string of the molecule is N#Cc1ccc(Nc2cnc([C@@H]3CCCCN3Cc3cn[nH]c3-c3ccc(Cl)cc3)cn2)cn1. The zero-order chi connectivity index (χ0) is 23.3. The minimum Gasteiger partial charge on any atom is -0.338 e. The zero-order valence-electron chi connectivity index (χ0n) is 18.4. The predicted octanol–water partition coefficient (Wildman–Crippen LogP) is 5.26. The minimum absolute atomic E-state index is 0.194. The van der Waals surface area contributed by atoms with Gasteiger partial charge in [-0.25, -0.2) is 9.97 Å². The number of hydrogen-bond donors (Lipinski definition) is 2. The molecule has 1 fully saturated rings. The van der Waals surface area contributed by atoms with Crippen LogP contribution in [0.3, 0.4) is 0 Å². The van der Waals surface area contributed by atoms with Crippen LogP contribution < -0.4 is 5.32 Å². The fourth-order valence-corrected chi connectivity index (χ4v) is 4.41. The monoisotopic (exact) mass is 470 g/mol. The summed E-state index contributed by atoms with van der Waals surface area (Å²) in [6.07, 6.45) is 10.5. The van der Waals surface area contributed by atoms with E-state index in [4.69, 9.17) is 21.8 Å². The van der Waals surface area contributed by atoms with Crippen molar-refractivity contribution in [2.75, 3.05) is 11.9 Å². The van der Waals surface area contributed by atoms with Crippen LogP contribution in [0.5, 0.6) is 0 Å². The third-order valence-electron chi connectivity index (χ3n) is 6.00. The van der Waals surface area contributed by atoms with Gasteiger partial charge in [0, 0.05) is 17.1 Å². The predicted molar refractivity (Wildman–Crippen MR) is 130 cm³/mol. The van der Waals surface area contributed by atoms with Gasteiger partial charge in [-0.3, -0.25) is 15.0 Å². The number of nitrogens with one attached hydrogen (secondary N) is 2. The number of nitriles is 1. The van der Waals surface area contributed by atoms with E-state index in [-0.39, 0.29) is 6.04 Å². The lowest BCUT2D eigenvalue weighted by molar-refractivity contribution is 0.137. The maximum absolute atomic E-state index is 8.89. The number of aromatic nitrogens is 5. The molecule has 1 aliphatic heterocycles. The van der Waals surface area contributed by atoms with E-state index in [1.54, 1.807) is 24.5 Å². The first kappa shape index (κ1) is 22.0. The van der Waals surface area contributed by atoms with Gasteiger partial charge in [0.2, 0.25) is 0 Å². The highest BCUT2D eigenvalue weighted by Crippen LogP contribution is 2.33. The summed E-state index contributed by atoms with van der Waals surface area (Å²) in [7, 11) is 0. The molecule has 2 N–H and O–H groups in total. The molecule has 8 nitrogen and oxygen atoms in total. The Hall–Kier alpha value is -3.80. The largest absolute Gasteiger partial charge is 0.338 e. The number of pyridine rings is 1. The van der Waals surface area contributed by atoms with Gasteiger partial charge in [-0.1, -0.05) is 30.2 Å². The van der Waals surface area contributed by atoms with Crippen molar-refractivity contribution in [1.82, 2.24) is 30.0 Å². The molecule has 3 aromatic heterocycles. The van der Waals surface area contributed by atoms with E-state index < -0.39 is 0 Å². The van der Waals surface area contributed by atoms with Crippen molar-refractivity contribution < 1.29 is 0 Å². The van der Waals surface area contributed by atoms with Crippen LogP contribution in [0.25, 0.3) is 11.3 Å². The van der Waals surface area contributed by atoms with E-state index in [1.807, 2.05) is 42.7 Å². The standard InChI is InChI=1S/C25H23ClN8/c26-19-6-4-17(5-7-19)25-18(12-31-33-25)16-34-10-2-1-3-23(34)22-14-30-24(15-29-22)32-21-9-8-20(11-27)28-13-21/h4-9,12-15,23H,1-3,10,16H2,(H,30,32)(H,31,33)/t23-/m0/s1. The number of anilines is 2. The van der Waals surface area contributed by atoms with E-state index in [0.717, 1.165) is 60.6 Å². The number of benzene rings is 1. The molecule has 5 rings (SSSR count). The van der Waals surface area contributed by atoms with Crippen LogP contribution in [-0.4, -0.2) is 36.6 Å². The Morgan fingerprint density at radius 2 is 1.91 bits per heavy atom. The van der Waals surface area contributed by atoms with Gasteiger partial charge in [0.25, 0.3) is 0 Å². The molecule has 0 spiro atoms. The normalized spacial score (nSPS) is 16.2. The molecule has 9 heteroatoms. The summed E-state index contributed by atoms with van der Waals surface area (Å²) in [6, 6.07) is 13.5. The Kier molecular flexibility index (Phi) is 6.47. The number of H-pyrrole nitrogens is 1. The van der Waals surface area contributed by atoms with Gasteiger partial charge in [0.05, 0.1) is 47.9 Å². The lowest BCUT2D eigenvalue weighted by Crippen LogP contribution is -2.33. The second-order valence-corrected chi connectivity index (χ2v) is 8.69. The quantitative estimate of drug-likeness (QED) is 0.396. The maximum atomic E-state index is 8.89. The van der Waals surface area contributed by atoms with Crippen molar-refractivity contribution in [3.05, 3.63) is 83.2 Å². The highest BCUT2D eigenvalue weighted by atomic mass is 35.5. The van der Waals surface area contributed by atoms with Gasteiger partial charge in [0.1, 0.15) is 17.6 Å². The second-order valence-electron chi connectivity index (χ2n) is 8.25. The van der Waals surface area contributed by atoms with Gasteiger partial charge >= 0.3 is 0 Å². The molecule has 0 unspecified atom stereocenters. The van der Waals surface area contributed by atoms with E-state index >= 15 is 0 Å². The third kappa shape index (κ3) is 4.91. The van der Waals surface area contributed by atoms with Crippen molar-refractivity contribution in [2.24, 2.45) is 0 Å². The van der Waals surface area contributed by atoms with E-state index in [0.29, 0.717) is 16.5 Å². The summed E-state index contributed by atoms with van der Waals surface area (Å²) < 4.78 is 0. The fourth-order valence-electron chi connectivity index (χ4n) is 4.29. The zero-order valence-corrected chi connectivity index (χ0v) is 19.2. The third-order valence-corrected chi connectivity index (χ3v) is 6.25. The highest BCUT2D eigenvalue weighted by molar-refractivity contribution is 6.30. The summed E-state index contributed by atoms with van der Waals surface area (Å²) >= 11 is 6.06. The first-order valence-electron chi connectivity index (χ1n) is 11.2. The fraction of sp³-hybridized carbons (Fsp3) is 0.240. The molecule has 4 aromatic rings. The molecule has 1 atom stereocenters. The van der Waals surface area contributed by atoms with Crippen LogP contribution in [0.15, 0.2) is 61.2 Å². The number of piperidine rings is 1. The van der Waals surface area contributed by atoms with Gasteiger partial charge in [-0.05, 0) is 49.2 Å². The Morgan fingerprint density at radius 1 is 1.03 bits per heavy atom. The van der Waals surface area contributed by atoms with Gasteiger partial charge in [-0.2, -0.15) is 10.4 Å². The Morgan fingerprint density at radius 3 is 2.65 bits per heavy atom. The van der Waals surface area contributed by atoms with Crippen molar-refractivity contribution in [2.45, 2.75) is 31.8 Å². The summed E-state index contributed by atoms with van der Waals surface area (Å²) in [5, 5.41) is 20.2. The number of likely N-dealkylation sites (tertiary alicyclic amines) is 1. The lowest BCUT2D eigenvalue weighted by Gasteiger charge is -2.35. The smallest absolute Gasteiger partial charge is 0.148 e. The van der Waals surface area contributed by atoms with Crippen molar-refractivity contribution in [3.8, 4) is 17.3 Å². The van der Waals surface area contributed by atoms with Crippen LogP contribution in [0, 0.1) is 11.3 Å². The Balaban J connectivity index is 1.31. The topological polar surface area (TPSA) is 106 Å². The van der Waals surface area contributed by atoms with E-state index in [2.05, 4.69) is 30.4 Å². The second kappa shape index (κ2) is 10.00. The van der Waals surface area contributed by atoms with Crippen molar-refractivity contribution >= 4 is 23.1 Å². The summed E-state index contributed by atoms with van der Waals surface area (Å²) in [5.41, 5.74) is 5.32. The van der Waals surface area contributed by atoms with Crippen LogP contribution in [0.2, 0.25) is 5.02 Å². The molecule has 0 saturated carbocycles. The van der Waals surface area contributed by atoms with Crippen molar-refractivity contribution in [3.63, 3.8) is 0 Å². The first-order chi connectivity index (χ1) is 16.7. The molecular formula is C25H23ClN8. The molecule has 34 heavy (non-hydrogen) atoms. The summed E-state index contributed by atoms with van der Waals surface area (Å²) in [5.74, 6) is 0.637. The molecule has 1 saturated heterocycles. The van der Waals surface area contributed by atoms with Gasteiger partial charge in [-0.15, -0.1) is 0 Å².